The lowest BCUT2D eigenvalue weighted by Crippen LogP contribution is -2.49. The van der Waals surface area contributed by atoms with Gasteiger partial charge in [0.15, 0.2) is 0 Å². The van der Waals surface area contributed by atoms with E-state index in [0.29, 0.717) is 29.8 Å². The van der Waals surface area contributed by atoms with Gasteiger partial charge < -0.3 is 4.90 Å². The summed E-state index contributed by atoms with van der Waals surface area (Å²) in [7, 11) is 0. The molecule has 3 saturated carbocycles. The van der Waals surface area contributed by atoms with Crippen LogP contribution in [0.15, 0.2) is 5.16 Å². The van der Waals surface area contributed by atoms with Crippen molar-refractivity contribution in [1.82, 2.24) is 25.1 Å². The van der Waals surface area contributed by atoms with Crippen molar-refractivity contribution in [2.24, 2.45) is 0 Å². The first-order chi connectivity index (χ1) is 12.3. The molecule has 1 aromatic heterocycles. The number of thioether (sulfide) groups is 1. The maximum atomic E-state index is 13.2. The topological polar surface area (TPSA) is 63.9 Å². The van der Waals surface area contributed by atoms with Crippen LogP contribution in [0.3, 0.4) is 0 Å². The molecule has 1 amide bonds. The Kier molecular flexibility index (Phi) is 5.58. The largest absolute Gasteiger partial charge is 0.336 e. The van der Waals surface area contributed by atoms with Crippen LogP contribution in [0, 0.1) is 0 Å². The number of aromatic nitrogens is 4. The minimum atomic E-state index is 0.300. The van der Waals surface area contributed by atoms with Crippen molar-refractivity contribution in [2.45, 2.75) is 100 Å². The van der Waals surface area contributed by atoms with E-state index in [2.05, 4.69) is 20.4 Å². The summed E-state index contributed by atoms with van der Waals surface area (Å²) < 4.78 is 1.91. The summed E-state index contributed by atoms with van der Waals surface area (Å²) in [4.78, 5) is 15.4. The van der Waals surface area contributed by atoms with Crippen molar-refractivity contribution in [3.63, 3.8) is 0 Å². The highest BCUT2D eigenvalue weighted by Gasteiger charge is 2.33. The van der Waals surface area contributed by atoms with Gasteiger partial charge in [-0.05, 0) is 49.0 Å². The van der Waals surface area contributed by atoms with E-state index in [0.717, 1.165) is 18.0 Å². The Hall–Kier alpha value is -1.11. The molecule has 7 heteroatoms. The number of hydrogen-bond donors (Lipinski definition) is 0. The summed E-state index contributed by atoms with van der Waals surface area (Å²) in [6.45, 7) is 0. The van der Waals surface area contributed by atoms with Crippen LogP contribution in [0.2, 0.25) is 0 Å². The van der Waals surface area contributed by atoms with Gasteiger partial charge in [0.1, 0.15) is 0 Å². The summed E-state index contributed by atoms with van der Waals surface area (Å²) in [5, 5.41) is 12.8. The van der Waals surface area contributed by atoms with Crippen molar-refractivity contribution in [3.8, 4) is 0 Å². The molecular formula is C18H29N5OS. The molecule has 0 aliphatic heterocycles. The van der Waals surface area contributed by atoms with Gasteiger partial charge in [0.2, 0.25) is 11.1 Å². The van der Waals surface area contributed by atoms with E-state index in [4.69, 9.17) is 0 Å². The molecule has 6 nitrogen and oxygen atoms in total. The van der Waals surface area contributed by atoms with Crippen LogP contribution in [0.5, 0.6) is 0 Å². The Morgan fingerprint density at radius 1 is 0.960 bits per heavy atom. The van der Waals surface area contributed by atoms with Gasteiger partial charge >= 0.3 is 0 Å². The standard InChI is InChI=1S/C18H29N5OS/c24-17(13-25-18-19-20-21-23(18)16-11-12-16)22(14-7-3-1-4-8-14)15-9-5-2-6-10-15/h14-16H,1-13H2. The average molecular weight is 364 g/mol. The van der Waals surface area contributed by atoms with Crippen LogP contribution < -0.4 is 0 Å². The van der Waals surface area contributed by atoms with E-state index in [-0.39, 0.29) is 0 Å². The van der Waals surface area contributed by atoms with E-state index in [1.54, 1.807) is 0 Å². The normalized spacial score (nSPS) is 22.9. The highest BCUT2D eigenvalue weighted by molar-refractivity contribution is 7.99. The lowest BCUT2D eigenvalue weighted by atomic mass is 9.88. The van der Waals surface area contributed by atoms with Crippen molar-refractivity contribution in [3.05, 3.63) is 0 Å². The smallest absolute Gasteiger partial charge is 0.233 e. The molecule has 0 saturated heterocycles. The molecular weight excluding hydrogens is 334 g/mol. The summed E-state index contributed by atoms with van der Waals surface area (Å²) in [6, 6.07) is 1.38. The second-order valence-electron chi connectivity index (χ2n) is 7.81. The van der Waals surface area contributed by atoms with Gasteiger partial charge in [0.25, 0.3) is 0 Å². The van der Waals surface area contributed by atoms with Gasteiger partial charge in [-0.3, -0.25) is 4.79 Å². The lowest BCUT2D eigenvalue weighted by molar-refractivity contribution is -0.135. The third kappa shape index (κ3) is 4.18. The van der Waals surface area contributed by atoms with E-state index < -0.39 is 0 Å². The maximum absolute atomic E-state index is 13.2. The SMILES string of the molecule is O=C(CSc1nnnn1C1CC1)N(C1CCCCC1)C1CCCCC1. The highest BCUT2D eigenvalue weighted by Crippen LogP contribution is 2.37. The molecule has 0 bridgehead atoms. The molecule has 0 atom stereocenters. The summed E-state index contributed by atoms with van der Waals surface area (Å²) in [5.74, 6) is 0.772. The molecule has 3 aliphatic carbocycles. The Bertz CT molecular complexity index is 558. The molecule has 0 radical (unpaired) electrons. The number of carbonyl (C=O) groups is 1. The third-order valence-corrected chi connectivity index (χ3v) is 6.82. The highest BCUT2D eigenvalue weighted by atomic mass is 32.2. The number of rotatable bonds is 6. The van der Waals surface area contributed by atoms with Gasteiger partial charge in [-0.1, -0.05) is 50.3 Å². The van der Waals surface area contributed by atoms with Crippen molar-refractivity contribution in [2.75, 3.05) is 5.75 Å². The summed E-state index contributed by atoms with van der Waals surface area (Å²) in [6.07, 6.45) is 14.8. The Morgan fingerprint density at radius 3 is 2.12 bits per heavy atom. The number of nitrogens with zero attached hydrogens (tertiary/aromatic N) is 5. The number of tetrazole rings is 1. The molecule has 1 aromatic rings. The quantitative estimate of drug-likeness (QED) is 0.723. The van der Waals surface area contributed by atoms with Crippen molar-refractivity contribution < 1.29 is 4.79 Å². The first-order valence-corrected chi connectivity index (χ1v) is 11.0. The molecule has 4 rings (SSSR count). The zero-order valence-electron chi connectivity index (χ0n) is 15.0. The molecule has 138 valence electrons. The van der Waals surface area contributed by atoms with Gasteiger partial charge in [-0.25, -0.2) is 4.68 Å². The first kappa shape index (κ1) is 17.3. The lowest BCUT2D eigenvalue weighted by Gasteiger charge is -2.41. The Balaban J connectivity index is 1.41. The van der Waals surface area contributed by atoms with Crippen LogP contribution in [0.4, 0.5) is 0 Å². The monoisotopic (exact) mass is 363 g/mol. The number of amides is 1. The molecule has 3 aliphatic rings. The van der Waals surface area contributed by atoms with E-state index in [9.17, 15) is 4.79 Å². The van der Waals surface area contributed by atoms with Gasteiger partial charge in [0, 0.05) is 12.1 Å². The maximum Gasteiger partial charge on any atom is 0.233 e. The van der Waals surface area contributed by atoms with E-state index in [1.165, 1.54) is 76.0 Å². The Labute approximate surface area is 154 Å². The zero-order chi connectivity index (χ0) is 17.1. The third-order valence-electron chi connectivity index (χ3n) is 5.90. The minimum absolute atomic E-state index is 0.300. The van der Waals surface area contributed by atoms with E-state index in [1.807, 2.05) is 4.68 Å². The molecule has 25 heavy (non-hydrogen) atoms. The zero-order valence-corrected chi connectivity index (χ0v) is 15.8. The second kappa shape index (κ2) is 8.06. The van der Waals surface area contributed by atoms with Crippen LogP contribution in [-0.2, 0) is 4.79 Å². The van der Waals surface area contributed by atoms with Crippen molar-refractivity contribution >= 4 is 17.7 Å². The number of carbonyl (C=O) groups excluding carboxylic acids is 1. The predicted octanol–water partition coefficient (Wildman–Crippen LogP) is 3.59. The molecule has 0 N–H and O–H groups in total. The van der Waals surface area contributed by atoms with Crippen LogP contribution in [0.25, 0.3) is 0 Å². The number of hydrogen-bond acceptors (Lipinski definition) is 5. The van der Waals surface area contributed by atoms with Crippen LogP contribution in [0.1, 0.15) is 83.1 Å². The first-order valence-electron chi connectivity index (χ1n) is 10.0. The molecule has 3 fully saturated rings. The molecule has 1 heterocycles. The van der Waals surface area contributed by atoms with Crippen molar-refractivity contribution in [1.29, 1.82) is 0 Å². The fraction of sp³-hybridized carbons (Fsp3) is 0.889. The Morgan fingerprint density at radius 2 is 1.56 bits per heavy atom. The minimum Gasteiger partial charge on any atom is -0.336 e. The molecule has 0 unspecified atom stereocenters. The van der Waals surface area contributed by atoms with E-state index >= 15 is 0 Å². The summed E-state index contributed by atoms with van der Waals surface area (Å²) >= 11 is 1.52. The molecule has 0 aromatic carbocycles. The molecule has 0 spiro atoms. The summed E-state index contributed by atoms with van der Waals surface area (Å²) in [5.41, 5.74) is 0. The fourth-order valence-electron chi connectivity index (χ4n) is 4.45. The van der Waals surface area contributed by atoms with Crippen LogP contribution in [-0.4, -0.2) is 48.9 Å². The van der Waals surface area contributed by atoms with Gasteiger partial charge in [0.05, 0.1) is 11.8 Å². The van der Waals surface area contributed by atoms with Crippen LogP contribution >= 0.6 is 11.8 Å². The predicted molar refractivity (Wildman–Crippen MR) is 97.4 cm³/mol. The van der Waals surface area contributed by atoms with Gasteiger partial charge in [-0.15, -0.1) is 5.10 Å². The average Bonchev–Trinajstić information content (AvgIpc) is 3.40. The van der Waals surface area contributed by atoms with Gasteiger partial charge in [-0.2, -0.15) is 0 Å². The fourth-order valence-corrected chi connectivity index (χ4v) is 5.27. The second-order valence-corrected chi connectivity index (χ2v) is 8.75.